The summed E-state index contributed by atoms with van der Waals surface area (Å²) in [7, 11) is 0. The van der Waals surface area contributed by atoms with E-state index in [1.165, 1.54) is 44.6 Å². The van der Waals surface area contributed by atoms with E-state index in [4.69, 9.17) is 0 Å². The number of hydrogen-bond donors (Lipinski definition) is 2. The molecule has 23 heavy (non-hydrogen) atoms. The molecular weight excluding hydrogens is 376 g/mol. The van der Waals surface area contributed by atoms with E-state index in [1.54, 1.807) is 0 Å². The molecule has 1 aromatic heterocycles. The molecule has 2 N–H and O–H groups in total. The van der Waals surface area contributed by atoms with Crippen LogP contribution in [0.15, 0.2) is 34.9 Å². The highest BCUT2D eigenvalue weighted by atomic mass is 79.9. The van der Waals surface area contributed by atoms with Crippen LogP contribution >= 0.6 is 28.3 Å². The maximum absolute atomic E-state index is 4.57. The summed E-state index contributed by atoms with van der Waals surface area (Å²) in [6.45, 7) is 5.69. The molecule has 1 spiro atoms. The number of rotatable bonds is 3. The van der Waals surface area contributed by atoms with Crippen molar-refractivity contribution < 1.29 is 0 Å². The van der Waals surface area contributed by atoms with Crippen molar-refractivity contribution in [2.75, 3.05) is 26.2 Å². The van der Waals surface area contributed by atoms with Gasteiger partial charge in [0.1, 0.15) is 5.82 Å². The summed E-state index contributed by atoms with van der Waals surface area (Å²) >= 11 is 3.47. The number of hydrogen-bond acceptors (Lipinski definition) is 3. The average Bonchev–Trinajstić information content (AvgIpc) is 3.24. The van der Waals surface area contributed by atoms with E-state index >= 15 is 0 Å². The van der Waals surface area contributed by atoms with Gasteiger partial charge >= 0.3 is 0 Å². The number of nitrogens with one attached hydrogen (secondary N) is 2. The lowest BCUT2D eigenvalue weighted by Crippen LogP contribution is -2.29. The molecule has 0 amide bonds. The number of aromatic nitrogens is 2. The molecule has 3 heterocycles. The van der Waals surface area contributed by atoms with Crippen LogP contribution in [0.5, 0.6) is 0 Å². The van der Waals surface area contributed by atoms with Crippen LogP contribution in [0, 0.1) is 5.41 Å². The molecule has 0 bridgehead atoms. The van der Waals surface area contributed by atoms with E-state index in [0.717, 1.165) is 22.5 Å². The van der Waals surface area contributed by atoms with Crippen LogP contribution in [-0.2, 0) is 6.54 Å². The average molecular weight is 398 g/mol. The van der Waals surface area contributed by atoms with Gasteiger partial charge in [0.15, 0.2) is 0 Å². The van der Waals surface area contributed by atoms with E-state index in [9.17, 15) is 0 Å². The van der Waals surface area contributed by atoms with Crippen LogP contribution in [0.2, 0.25) is 0 Å². The van der Waals surface area contributed by atoms with Crippen LogP contribution in [-0.4, -0.2) is 41.0 Å². The van der Waals surface area contributed by atoms with E-state index in [0.29, 0.717) is 5.41 Å². The number of nitrogens with zero attached hydrogens (tertiary/aromatic N) is 2. The van der Waals surface area contributed by atoms with E-state index in [1.807, 2.05) is 6.20 Å². The van der Waals surface area contributed by atoms with Crippen molar-refractivity contribution in [2.24, 2.45) is 5.41 Å². The second-order valence-electron chi connectivity index (χ2n) is 6.64. The van der Waals surface area contributed by atoms with E-state index in [2.05, 4.69) is 60.4 Å². The number of H-pyrrole nitrogens is 1. The molecule has 2 fully saturated rings. The molecular formula is C17H22BrClN4. The van der Waals surface area contributed by atoms with Crippen LogP contribution in [0.25, 0.3) is 11.3 Å². The molecule has 1 atom stereocenters. The Bertz CT molecular complexity index is 649. The molecule has 2 aliphatic rings. The SMILES string of the molecule is Brc1ccc(-c2cnc(CN3CCC4(CCNC4)C3)[nH]2)cc1.Cl. The van der Waals surface area contributed by atoms with Gasteiger partial charge in [-0.3, -0.25) is 4.90 Å². The largest absolute Gasteiger partial charge is 0.341 e. The van der Waals surface area contributed by atoms with E-state index in [-0.39, 0.29) is 12.4 Å². The summed E-state index contributed by atoms with van der Waals surface area (Å²) in [4.78, 5) is 10.6. The van der Waals surface area contributed by atoms with Gasteiger partial charge in [-0.1, -0.05) is 28.1 Å². The molecule has 2 aliphatic heterocycles. The van der Waals surface area contributed by atoms with Gasteiger partial charge in [0.05, 0.1) is 18.4 Å². The van der Waals surface area contributed by atoms with Crippen molar-refractivity contribution in [3.05, 3.63) is 40.8 Å². The molecule has 2 aromatic rings. The highest BCUT2D eigenvalue weighted by molar-refractivity contribution is 9.10. The molecule has 4 nitrogen and oxygen atoms in total. The van der Waals surface area contributed by atoms with Gasteiger partial charge in [-0.25, -0.2) is 4.98 Å². The zero-order chi connectivity index (χ0) is 15.0. The molecule has 0 saturated carbocycles. The van der Waals surface area contributed by atoms with Gasteiger partial charge in [0, 0.05) is 17.6 Å². The second kappa shape index (κ2) is 6.93. The molecule has 2 saturated heterocycles. The third-order valence-electron chi connectivity index (χ3n) is 5.01. The monoisotopic (exact) mass is 396 g/mol. The summed E-state index contributed by atoms with van der Waals surface area (Å²) < 4.78 is 1.10. The lowest BCUT2D eigenvalue weighted by molar-refractivity contribution is 0.264. The zero-order valence-corrected chi connectivity index (χ0v) is 15.4. The quantitative estimate of drug-likeness (QED) is 0.834. The summed E-state index contributed by atoms with van der Waals surface area (Å²) in [6, 6.07) is 8.34. The fourth-order valence-electron chi connectivity index (χ4n) is 3.74. The van der Waals surface area contributed by atoms with Crippen molar-refractivity contribution in [3.8, 4) is 11.3 Å². The first kappa shape index (κ1) is 17.0. The highest BCUT2D eigenvalue weighted by Crippen LogP contribution is 2.36. The first-order chi connectivity index (χ1) is 10.7. The normalized spacial score (nSPS) is 24.2. The smallest absolute Gasteiger partial charge is 0.120 e. The van der Waals surface area contributed by atoms with Gasteiger partial charge in [-0.2, -0.15) is 0 Å². The third kappa shape index (κ3) is 3.63. The Morgan fingerprint density at radius 2 is 2.04 bits per heavy atom. The third-order valence-corrected chi connectivity index (χ3v) is 5.54. The molecule has 0 radical (unpaired) electrons. The van der Waals surface area contributed by atoms with Crippen molar-refractivity contribution in [1.29, 1.82) is 0 Å². The van der Waals surface area contributed by atoms with Crippen molar-refractivity contribution in [2.45, 2.75) is 19.4 Å². The first-order valence-corrected chi connectivity index (χ1v) is 8.75. The number of halogens is 2. The van der Waals surface area contributed by atoms with Gasteiger partial charge < -0.3 is 10.3 Å². The predicted octanol–water partition coefficient (Wildman–Crippen LogP) is 3.45. The number of aromatic amines is 1. The predicted molar refractivity (Wildman–Crippen MR) is 98.8 cm³/mol. The van der Waals surface area contributed by atoms with Crippen LogP contribution in [0.1, 0.15) is 18.7 Å². The van der Waals surface area contributed by atoms with Gasteiger partial charge in [0.25, 0.3) is 0 Å². The molecule has 1 unspecified atom stereocenters. The van der Waals surface area contributed by atoms with E-state index < -0.39 is 0 Å². The Labute approximate surface area is 151 Å². The first-order valence-electron chi connectivity index (χ1n) is 7.95. The fraction of sp³-hybridized carbons (Fsp3) is 0.471. The number of likely N-dealkylation sites (tertiary alicyclic amines) is 1. The van der Waals surface area contributed by atoms with Gasteiger partial charge in [-0.05, 0) is 49.0 Å². The molecule has 0 aliphatic carbocycles. The molecule has 1 aromatic carbocycles. The Hall–Kier alpha value is -0.880. The van der Waals surface area contributed by atoms with Gasteiger partial charge in [-0.15, -0.1) is 12.4 Å². The van der Waals surface area contributed by atoms with Crippen LogP contribution in [0.3, 0.4) is 0 Å². The second-order valence-corrected chi connectivity index (χ2v) is 7.55. The standard InChI is InChI=1S/C17H21BrN4.ClH/c18-14-3-1-13(2-4-14)15-9-20-16(21-15)10-22-8-6-17(12-22)5-7-19-11-17;/h1-4,9,19H,5-8,10-12H2,(H,20,21);1H. The molecule has 124 valence electrons. The maximum atomic E-state index is 4.57. The van der Waals surface area contributed by atoms with Crippen molar-refractivity contribution >= 4 is 28.3 Å². The van der Waals surface area contributed by atoms with Crippen LogP contribution in [0.4, 0.5) is 0 Å². The van der Waals surface area contributed by atoms with Crippen molar-refractivity contribution in [3.63, 3.8) is 0 Å². The Morgan fingerprint density at radius 1 is 1.22 bits per heavy atom. The zero-order valence-electron chi connectivity index (χ0n) is 13.0. The minimum atomic E-state index is 0. The fourth-order valence-corrected chi connectivity index (χ4v) is 4.00. The topological polar surface area (TPSA) is 44.0 Å². The number of benzene rings is 1. The minimum absolute atomic E-state index is 0. The minimum Gasteiger partial charge on any atom is -0.341 e. The Balaban J connectivity index is 0.00000156. The van der Waals surface area contributed by atoms with Crippen LogP contribution < -0.4 is 5.32 Å². The summed E-state index contributed by atoms with van der Waals surface area (Å²) in [5.41, 5.74) is 2.81. The summed E-state index contributed by atoms with van der Waals surface area (Å²) in [5, 5.41) is 3.52. The maximum Gasteiger partial charge on any atom is 0.120 e. The highest BCUT2D eigenvalue weighted by Gasteiger charge is 2.40. The Morgan fingerprint density at radius 3 is 2.78 bits per heavy atom. The van der Waals surface area contributed by atoms with Crippen molar-refractivity contribution in [1.82, 2.24) is 20.2 Å². The molecule has 4 rings (SSSR count). The lowest BCUT2D eigenvalue weighted by Gasteiger charge is -2.22. The summed E-state index contributed by atoms with van der Waals surface area (Å²) in [6.07, 6.45) is 4.59. The Kier molecular flexibility index (Phi) is 5.11. The number of imidazole rings is 1. The van der Waals surface area contributed by atoms with Gasteiger partial charge in [0.2, 0.25) is 0 Å². The molecule has 6 heteroatoms. The lowest BCUT2D eigenvalue weighted by atomic mass is 9.87. The summed E-state index contributed by atoms with van der Waals surface area (Å²) in [5.74, 6) is 1.07.